The van der Waals surface area contributed by atoms with E-state index < -0.39 is 17.7 Å². The first-order chi connectivity index (χ1) is 18.8. The fraction of sp³-hybridized carbons (Fsp3) is 0.182. The zero-order valence-corrected chi connectivity index (χ0v) is 22.2. The van der Waals surface area contributed by atoms with Crippen molar-refractivity contribution in [2.75, 3.05) is 0 Å². The molecule has 0 bridgehead atoms. The van der Waals surface area contributed by atoms with Gasteiger partial charge in [0, 0.05) is 24.5 Å². The molecule has 1 fully saturated rings. The zero-order valence-electron chi connectivity index (χ0n) is 22.2. The number of benzene rings is 3. The zero-order chi connectivity index (χ0) is 27.5. The Morgan fingerprint density at radius 3 is 2.36 bits per heavy atom. The summed E-state index contributed by atoms with van der Waals surface area (Å²) in [6.45, 7) is 6.52. The van der Waals surface area contributed by atoms with E-state index in [1.54, 1.807) is 42.7 Å². The van der Waals surface area contributed by atoms with Crippen LogP contribution >= 0.6 is 0 Å². The quantitative estimate of drug-likeness (QED) is 0.179. The van der Waals surface area contributed by atoms with Gasteiger partial charge in [-0.05, 0) is 78.9 Å². The molecule has 0 radical (unpaired) electrons. The van der Waals surface area contributed by atoms with Crippen LogP contribution in [0.2, 0.25) is 0 Å². The Hall–Kier alpha value is -4.71. The highest BCUT2D eigenvalue weighted by Gasteiger charge is 2.46. The summed E-state index contributed by atoms with van der Waals surface area (Å²) < 4.78 is 5.98. The SMILES string of the molecule is Cc1ccc(C)c(CN2C(=O)C(=O)/C(=C(\O)c3ccc(OCc4ccccc4)c(C)c3)C2c2ccncc2)c1. The molecule has 0 spiro atoms. The van der Waals surface area contributed by atoms with Crippen molar-refractivity contribution in [3.05, 3.63) is 136 Å². The summed E-state index contributed by atoms with van der Waals surface area (Å²) >= 11 is 0. The van der Waals surface area contributed by atoms with Crippen molar-refractivity contribution in [1.82, 2.24) is 9.88 Å². The van der Waals surface area contributed by atoms with Gasteiger partial charge in [-0.15, -0.1) is 0 Å². The lowest BCUT2D eigenvalue weighted by Gasteiger charge is -2.26. The Balaban J connectivity index is 1.52. The maximum Gasteiger partial charge on any atom is 0.295 e. The summed E-state index contributed by atoms with van der Waals surface area (Å²) in [5.41, 5.74) is 6.11. The standard InChI is InChI=1S/C33H30N2O4/c1-21-9-10-22(2)27(17-21)19-35-30(25-13-15-34-16-14-25)29(32(37)33(35)38)31(36)26-11-12-28(23(3)18-26)39-20-24-7-5-4-6-8-24/h4-18,30,36H,19-20H2,1-3H3/b31-29-. The number of carbonyl (C=O) groups excluding carboxylic acids is 2. The lowest BCUT2D eigenvalue weighted by atomic mass is 9.95. The van der Waals surface area contributed by atoms with E-state index in [0.29, 0.717) is 23.5 Å². The number of carbonyl (C=O) groups is 2. The van der Waals surface area contributed by atoms with Crippen LogP contribution in [-0.4, -0.2) is 26.7 Å². The van der Waals surface area contributed by atoms with Gasteiger partial charge in [0.25, 0.3) is 11.7 Å². The van der Waals surface area contributed by atoms with Crippen molar-refractivity contribution in [2.24, 2.45) is 0 Å². The van der Waals surface area contributed by atoms with Gasteiger partial charge < -0.3 is 14.7 Å². The number of aliphatic hydroxyl groups excluding tert-OH is 1. The Morgan fingerprint density at radius 1 is 0.897 bits per heavy atom. The topological polar surface area (TPSA) is 79.7 Å². The van der Waals surface area contributed by atoms with Crippen LogP contribution in [-0.2, 0) is 22.7 Å². The van der Waals surface area contributed by atoms with Gasteiger partial charge in [-0.1, -0.05) is 54.1 Å². The minimum atomic E-state index is -0.748. The van der Waals surface area contributed by atoms with Gasteiger partial charge in [-0.25, -0.2) is 0 Å². The first-order valence-corrected chi connectivity index (χ1v) is 12.9. The predicted octanol–water partition coefficient (Wildman–Crippen LogP) is 6.21. The van der Waals surface area contributed by atoms with Crippen LogP contribution in [0.1, 0.15) is 45.0 Å². The highest BCUT2D eigenvalue weighted by Crippen LogP contribution is 2.40. The Morgan fingerprint density at radius 2 is 1.64 bits per heavy atom. The number of hydrogen-bond acceptors (Lipinski definition) is 5. The summed E-state index contributed by atoms with van der Waals surface area (Å²) in [7, 11) is 0. The van der Waals surface area contributed by atoms with Crippen LogP contribution in [0.25, 0.3) is 5.76 Å². The van der Waals surface area contributed by atoms with Crippen LogP contribution in [0.3, 0.4) is 0 Å². The van der Waals surface area contributed by atoms with Crippen molar-refractivity contribution in [3.63, 3.8) is 0 Å². The number of ketones is 1. The molecule has 4 aromatic rings. The second kappa shape index (κ2) is 11.0. The van der Waals surface area contributed by atoms with Gasteiger partial charge in [-0.2, -0.15) is 0 Å². The van der Waals surface area contributed by atoms with E-state index >= 15 is 0 Å². The molecule has 2 heterocycles. The summed E-state index contributed by atoms with van der Waals surface area (Å²) in [5, 5.41) is 11.5. The maximum absolute atomic E-state index is 13.4. The Labute approximate surface area is 228 Å². The minimum absolute atomic E-state index is 0.0638. The van der Waals surface area contributed by atoms with Crippen molar-refractivity contribution < 1.29 is 19.4 Å². The highest BCUT2D eigenvalue weighted by atomic mass is 16.5. The fourth-order valence-corrected chi connectivity index (χ4v) is 4.94. The van der Waals surface area contributed by atoms with Gasteiger partial charge >= 0.3 is 0 Å². The molecule has 6 nitrogen and oxygen atoms in total. The number of ether oxygens (including phenoxy) is 1. The van der Waals surface area contributed by atoms with E-state index in [1.165, 1.54) is 4.90 Å². The molecule has 1 amide bonds. The van der Waals surface area contributed by atoms with Crippen LogP contribution in [0.15, 0.2) is 96.8 Å². The van der Waals surface area contributed by atoms with Crippen molar-refractivity contribution >= 4 is 17.4 Å². The molecule has 0 saturated carbocycles. The third-order valence-electron chi connectivity index (χ3n) is 7.09. The molecule has 39 heavy (non-hydrogen) atoms. The number of aliphatic hydroxyl groups is 1. The highest BCUT2D eigenvalue weighted by molar-refractivity contribution is 6.46. The number of nitrogens with zero attached hydrogens (tertiary/aromatic N) is 2. The first kappa shape index (κ1) is 25.9. The number of hydrogen-bond donors (Lipinski definition) is 1. The van der Waals surface area contributed by atoms with Crippen LogP contribution in [0.4, 0.5) is 0 Å². The Kier molecular flexibility index (Phi) is 7.28. The maximum atomic E-state index is 13.4. The second-order valence-electron chi connectivity index (χ2n) is 9.89. The summed E-state index contributed by atoms with van der Waals surface area (Å²) in [6, 6.07) is 24.0. The fourth-order valence-electron chi connectivity index (χ4n) is 4.94. The number of likely N-dealkylation sites (tertiary alicyclic amines) is 1. The number of pyridine rings is 1. The average Bonchev–Trinajstić information content (AvgIpc) is 3.20. The molecule has 196 valence electrons. The van der Waals surface area contributed by atoms with Crippen molar-refractivity contribution in [1.29, 1.82) is 0 Å². The van der Waals surface area contributed by atoms with Crippen molar-refractivity contribution in [3.8, 4) is 5.75 Å². The monoisotopic (exact) mass is 518 g/mol. The van der Waals surface area contributed by atoms with Gasteiger partial charge in [0.2, 0.25) is 0 Å². The molecule has 0 aliphatic carbocycles. The minimum Gasteiger partial charge on any atom is -0.507 e. The van der Waals surface area contributed by atoms with E-state index in [4.69, 9.17) is 4.74 Å². The number of rotatable bonds is 7. The number of aryl methyl sites for hydroxylation is 3. The van der Waals surface area contributed by atoms with Gasteiger partial charge in [0.1, 0.15) is 18.1 Å². The lowest BCUT2D eigenvalue weighted by molar-refractivity contribution is -0.140. The van der Waals surface area contributed by atoms with E-state index in [0.717, 1.165) is 27.8 Å². The summed E-state index contributed by atoms with van der Waals surface area (Å²) in [6.07, 6.45) is 3.24. The Bertz CT molecular complexity index is 1560. The molecule has 6 heteroatoms. The summed E-state index contributed by atoms with van der Waals surface area (Å²) in [4.78, 5) is 32.4. The molecule has 1 aromatic heterocycles. The molecule has 1 unspecified atom stereocenters. The van der Waals surface area contributed by atoms with Gasteiger partial charge in [0.15, 0.2) is 0 Å². The summed E-state index contributed by atoms with van der Waals surface area (Å²) in [5.74, 6) is -0.881. The van der Waals surface area contributed by atoms with Crippen molar-refractivity contribution in [2.45, 2.75) is 40.0 Å². The number of aromatic nitrogens is 1. The largest absolute Gasteiger partial charge is 0.507 e. The molecule has 5 rings (SSSR count). The average molecular weight is 519 g/mol. The number of Topliss-reactive ketones (excluding diaryl/α,β-unsaturated/α-hetero) is 1. The molecular weight excluding hydrogens is 488 g/mol. The third-order valence-corrected chi connectivity index (χ3v) is 7.09. The van der Waals surface area contributed by atoms with Gasteiger partial charge in [-0.3, -0.25) is 14.6 Å². The van der Waals surface area contributed by atoms with E-state index in [1.807, 2.05) is 69.3 Å². The second-order valence-corrected chi connectivity index (χ2v) is 9.89. The molecule has 3 aromatic carbocycles. The third kappa shape index (κ3) is 5.32. The molecule has 1 atom stereocenters. The van der Waals surface area contributed by atoms with E-state index in [2.05, 4.69) is 4.98 Å². The lowest BCUT2D eigenvalue weighted by Crippen LogP contribution is -2.29. The normalized spacial score (nSPS) is 16.5. The molecular formula is C33H30N2O4. The van der Waals surface area contributed by atoms with E-state index in [9.17, 15) is 14.7 Å². The van der Waals surface area contributed by atoms with Crippen LogP contribution < -0.4 is 4.74 Å². The molecule has 1 aliphatic heterocycles. The number of amides is 1. The predicted molar refractivity (Wildman–Crippen MR) is 150 cm³/mol. The van der Waals surface area contributed by atoms with Gasteiger partial charge in [0.05, 0.1) is 11.6 Å². The molecule has 1 aliphatic rings. The van der Waals surface area contributed by atoms with Crippen LogP contribution in [0.5, 0.6) is 5.75 Å². The van der Waals surface area contributed by atoms with Crippen LogP contribution in [0, 0.1) is 20.8 Å². The molecule has 1 saturated heterocycles. The first-order valence-electron chi connectivity index (χ1n) is 12.9. The smallest absolute Gasteiger partial charge is 0.295 e. The molecule has 1 N–H and O–H groups in total. The van der Waals surface area contributed by atoms with E-state index in [-0.39, 0.29) is 17.9 Å².